The van der Waals surface area contributed by atoms with Gasteiger partial charge in [-0.15, -0.1) is 0 Å². The van der Waals surface area contributed by atoms with E-state index in [0.717, 1.165) is 10.8 Å². The van der Waals surface area contributed by atoms with Crippen LogP contribution < -0.4 is 10.9 Å². The number of rotatable bonds is 1. The number of hydrogen-bond acceptors (Lipinski definition) is 1. The molecule has 3 radical (unpaired) electrons. The van der Waals surface area contributed by atoms with E-state index in [0.29, 0.717) is 6.54 Å². The molecular formula is C7H8NSi. The molecule has 0 spiro atoms. The third-order valence-corrected chi connectivity index (χ3v) is 1.73. The van der Waals surface area contributed by atoms with E-state index in [1.165, 1.54) is 0 Å². The molecule has 1 nitrogen and oxygen atoms in total. The third-order valence-electron chi connectivity index (χ3n) is 1.24. The molecule has 2 N–H and O–H groups in total. The first-order valence-corrected chi connectivity index (χ1v) is 3.34. The van der Waals surface area contributed by atoms with E-state index >= 15 is 0 Å². The topological polar surface area (TPSA) is 26.0 Å². The first-order chi connectivity index (χ1) is 4.34. The molecule has 0 unspecified atom stereocenters. The van der Waals surface area contributed by atoms with Gasteiger partial charge in [-0.25, -0.2) is 0 Å². The summed E-state index contributed by atoms with van der Waals surface area (Å²) in [6.45, 7) is 0.597. The van der Waals surface area contributed by atoms with Gasteiger partial charge in [0.2, 0.25) is 0 Å². The van der Waals surface area contributed by atoms with E-state index in [4.69, 9.17) is 5.73 Å². The van der Waals surface area contributed by atoms with Crippen LogP contribution in [0.3, 0.4) is 0 Å². The molecule has 2 heteroatoms. The van der Waals surface area contributed by atoms with Crippen molar-refractivity contribution in [1.29, 1.82) is 0 Å². The van der Waals surface area contributed by atoms with Crippen molar-refractivity contribution in [3.8, 4) is 0 Å². The van der Waals surface area contributed by atoms with E-state index in [2.05, 4.69) is 10.2 Å². The summed E-state index contributed by atoms with van der Waals surface area (Å²) in [5.41, 5.74) is 6.57. The lowest BCUT2D eigenvalue weighted by Gasteiger charge is -1.98. The fourth-order valence-electron chi connectivity index (χ4n) is 0.698. The Bertz CT molecular complexity index is 198. The van der Waals surface area contributed by atoms with E-state index < -0.39 is 0 Å². The average Bonchev–Trinajstić information content (AvgIpc) is 1.89. The molecule has 9 heavy (non-hydrogen) atoms. The normalized spacial score (nSPS) is 9.56. The van der Waals surface area contributed by atoms with Crippen LogP contribution in [-0.4, -0.2) is 10.2 Å². The Morgan fingerprint density at radius 2 is 2.00 bits per heavy atom. The highest BCUT2D eigenvalue weighted by atomic mass is 28.1. The third kappa shape index (κ3) is 1.40. The van der Waals surface area contributed by atoms with Gasteiger partial charge in [0.1, 0.15) is 0 Å². The molecule has 0 aliphatic rings. The largest absolute Gasteiger partial charge is 0.327 e. The summed E-state index contributed by atoms with van der Waals surface area (Å²) >= 11 is 0. The maximum Gasteiger partial charge on any atom is 0.0716 e. The van der Waals surface area contributed by atoms with Gasteiger partial charge in [0.15, 0.2) is 0 Å². The van der Waals surface area contributed by atoms with Crippen LogP contribution in [0.4, 0.5) is 0 Å². The summed E-state index contributed by atoms with van der Waals surface area (Å²) in [4.78, 5) is 0. The zero-order valence-corrected chi connectivity index (χ0v) is 6.09. The molecule has 0 aliphatic carbocycles. The lowest BCUT2D eigenvalue weighted by Crippen LogP contribution is -2.12. The second-order valence-electron chi connectivity index (χ2n) is 1.86. The lowest BCUT2D eigenvalue weighted by molar-refractivity contribution is 1.08. The van der Waals surface area contributed by atoms with E-state index in [9.17, 15) is 0 Å². The average molecular weight is 134 g/mol. The Kier molecular flexibility index (Phi) is 2.03. The molecule has 0 bridgehead atoms. The van der Waals surface area contributed by atoms with Gasteiger partial charge in [-0.05, 0) is 5.56 Å². The van der Waals surface area contributed by atoms with E-state index in [1.807, 2.05) is 24.3 Å². The predicted molar refractivity (Wildman–Crippen MR) is 39.7 cm³/mol. The molecule has 1 aromatic rings. The first-order valence-electron chi connectivity index (χ1n) is 2.84. The van der Waals surface area contributed by atoms with Gasteiger partial charge in [0.25, 0.3) is 0 Å². The second kappa shape index (κ2) is 2.80. The Balaban J connectivity index is 3.01. The molecule has 45 valence electrons. The highest BCUT2D eigenvalue weighted by Crippen LogP contribution is 1.90. The molecule has 0 aliphatic heterocycles. The van der Waals surface area contributed by atoms with Crippen molar-refractivity contribution in [3.63, 3.8) is 0 Å². The summed E-state index contributed by atoms with van der Waals surface area (Å²) in [6.07, 6.45) is 0. The fraction of sp³-hybridized carbons (Fsp3) is 0.143. The molecular weight excluding hydrogens is 126 g/mol. The van der Waals surface area contributed by atoms with Gasteiger partial charge in [0, 0.05) is 6.54 Å². The van der Waals surface area contributed by atoms with Gasteiger partial charge in [0.05, 0.1) is 10.2 Å². The van der Waals surface area contributed by atoms with E-state index in [1.54, 1.807) is 0 Å². The maximum atomic E-state index is 5.42. The summed E-state index contributed by atoms with van der Waals surface area (Å²) in [6, 6.07) is 7.94. The molecule has 0 amide bonds. The minimum atomic E-state index is 0.597. The number of benzene rings is 1. The van der Waals surface area contributed by atoms with Crippen molar-refractivity contribution >= 4 is 15.4 Å². The molecule has 0 saturated carbocycles. The van der Waals surface area contributed by atoms with Crippen molar-refractivity contribution in [2.45, 2.75) is 6.54 Å². The molecule has 0 heterocycles. The van der Waals surface area contributed by atoms with Crippen molar-refractivity contribution in [2.75, 3.05) is 0 Å². The van der Waals surface area contributed by atoms with Gasteiger partial charge in [-0.2, -0.15) is 0 Å². The maximum absolute atomic E-state index is 5.42. The van der Waals surface area contributed by atoms with Crippen LogP contribution in [0.2, 0.25) is 0 Å². The van der Waals surface area contributed by atoms with Gasteiger partial charge < -0.3 is 5.73 Å². The van der Waals surface area contributed by atoms with Gasteiger partial charge in [-0.3, -0.25) is 0 Å². The summed E-state index contributed by atoms with van der Waals surface area (Å²) in [5.74, 6) is 0. The van der Waals surface area contributed by atoms with Crippen molar-refractivity contribution in [3.05, 3.63) is 29.8 Å². The highest BCUT2D eigenvalue weighted by Gasteiger charge is 1.89. The standard InChI is InChI=1S/C7H8NSi/c8-5-6-3-1-2-4-7(6)9/h1-4H,5,8H2. The van der Waals surface area contributed by atoms with Crippen molar-refractivity contribution in [2.24, 2.45) is 5.73 Å². The van der Waals surface area contributed by atoms with Crippen molar-refractivity contribution in [1.82, 2.24) is 0 Å². The van der Waals surface area contributed by atoms with Crippen LogP contribution in [0.15, 0.2) is 24.3 Å². The quantitative estimate of drug-likeness (QED) is 0.535. The Morgan fingerprint density at radius 3 is 2.44 bits per heavy atom. The Labute approximate surface area is 58.3 Å². The molecule has 0 fully saturated rings. The minimum absolute atomic E-state index is 0.597. The fourth-order valence-corrected chi connectivity index (χ4v) is 0.980. The van der Waals surface area contributed by atoms with Crippen LogP contribution in [0.5, 0.6) is 0 Å². The smallest absolute Gasteiger partial charge is 0.0716 e. The zero-order valence-electron chi connectivity index (χ0n) is 5.09. The van der Waals surface area contributed by atoms with Crippen LogP contribution in [0, 0.1) is 0 Å². The lowest BCUT2D eigenvalue weighted by atomic mass is 10.2. The predicted octanol–water partition coefficient (Wildman–Crippen LogP) is -0.0609. The van der Waals surface area contributed by atoms with Crippen LogP contribution >= 0.6 is 0 Å². The molecule has 0 atom stereocenters. The van der Waals surface area contributed by atoms with Gasteiger partial charge >= 0.3 is 0 Å². The van der Waals surface area contributed by atoms with Crippen LogP contribution in [0.1, 0.15) is 5.56 Å². The second-order valence-corrected chi connectivity index (χ2v) is 2.40. The van der Waals surface area contributed by atoms with Crippen molar-refractivity contribution < 1.29 is 0 Å². The highest BCUT2D eigenvalue weighted by molar-refractivity contribution is 6.33. The summed E-state index contributed by atoms with van der Waals surface area (Å²) < 4.78 is 0. The zero-order chi connectivity index (χ0) is 6.69. The molecule has 0 saturated heterocycles. The Morgan fingerprint density at radius 1 is 1.33 bits per heavy atom. The molecule has 1 rings (SSSR count). The van der Waals surface area contributed by atoms with E-state index in [-0.39, 0.29) is 0 Å². The van der Waals surface area contributed by atoms with Crippen LogP contribution in [-0.2, 0) is 6.54 Å². The first kappa shape index (κ1) is 6.52. The SMILES string of the molecule is NCc1ccccc1[Si]. The minimum Gasteiger partial charge on any atom is -0.327 e. The van der Waals surface area contributed by atoms with Crippen LogP contribution in [0.25, 0.3) is 0 Å². The monoisotopic (exact) mass is 134 g/mol. The molecule has 1 aromatic carbocycles. The Hall–Kier alpha value is -0.603. The van der Waals surface area contributed by atoms with Gasteiger partial charge in [-0.1, -0.05) is 29.5 Å². The summed E-state index contributed by atoms with van der Waals surface area (Å²) in [7, 11) is 3.42. The number of hydrogen-bond donors (Lipinski definition) is 1. The summed E-state index contributed by atoms with van der Waals surface area (Å²) in [5, 5.41) is 1.08. The molecule has 0 aromatic heterocycles. The number of nitrogens with two attached hydrogens (primary N) is 1.